The zero-order valence-corrected chi connectivity index (χ0v) is 17.7. The number of hydrogen-bond acceptors (Lipinski definition) is 7. The lowest BCUT2D eigenvalue weighted by Crippen LogP contribution is -2.42. The van der Waals surface area contributed by atoms with Crippen molar-refractivity contribution in [2.24, 2.45) is 0 Å². The van der Waals surface area contributed by atoms with Crippen molar-refractivity contribution in [3.63, 3.8) is 0 Å². The van der Waals surface area contributed by atoms with E-state index in [0.717, 1.165) is 24.3 Å². The van der Waals surface area contributed by atoms with Crippen LogP contribution >= 0.6 is 11.3 Å². The van der Waals surface area contributed by atoms with E-state index >= 15 is 0 Å². The van der Waals surface area contributed by atoms with Gasteiger partial charge in [0.15, 0.2) is 5.82 Å². The molecule has 0 aliphatic carbocycles. The second kappa shape index (κ2) is 10.9. The molecule has 1 fully saturated rings. The number of anilines is 1. The van der Waals surface area contributed by atoms with Crippen LogP contribution in [0.5, 0.6) is 0 Å². The molecule has 0 saturated carbocycles. The Morgan fingerprint density at radius 3 is 2.83 bits per heavy atom. The number of nitrogens with one attached hydrogen (secondary N) is 2. The Hall–Kier alpha value is -2.72. The Morgan fingerprint density at radius 2 is 2.17 bits per heavy atom. The van der Waals surface area contributed by atoms with Crippen molar-refractivity contribution < 1.29 is 23.6 Å². The fourth-order valence-electron chi connectivity index (χ4n) is 3.09. The lowest BCUT2D eigenvalue weighted by atomic mass is 10.2. The normalized spacial score (nSPS) is 15.7. The highest BCUT2D eigenvalue weighted by Crippen LogP contribution is 2.14. The van der Waals surface area contributed by atoms with Gasteiger partial charge in [-0.15, -0.1) is 11.3 Å². The molecule has 3 amide bonds. The van der Waals surface area contributed by atoms with Crippen LogP contribution in [0.2, 0.25) is 0 Å². The Bertz CT molecular complexity index is 845. The number of carbonyl (C=O) groups is 3. The maximum atomic E-state index is 12.7. The Balaban J connectivity index is 1.50. The van der Waals surface area contributed by atoms with Crippen molar-refractivity contribution in [2.75, 3.05) is 25.0 Å². The minimum Gasteiger partial charge on any atom is -0.376 e. The van der Waals surface area contributed by atoms with Gasteiger partial charge in [0.2, 0.25) is 17.7 Å². The van der Waals surface area contributed by atoms with Crippen LogP contribution in [-0.4, -0.2) is 53.6 Å². The Labute approximate surface area is 178 Å². The minimum atomic E-state index is -0.337. The van der Waals surface area contributed by atoms with Crippen molar-refractivity contribution in [2.45, 2.75) is 45.3 Å². The fourth-order valence-corrected chi connectivity index (χ4v) is 3.81. The molecule has 0 bridgehead atoms. The molecule has 3 heterocycles. The predicted octanol–water partition coefficient (Wildman–Crippen LogP) is 2.09. The van der Waals surface area contributed by atoms with Gasteiger partial charge in [0.1, 0.15) is 5.76 Å². The van der Waals surface area contributed by atoms with Crippen LogP contribution in [0.1, 0.15) is 36.3 Å². The molecular formula is C20H26N4O5S. The van der Waals surface area contributed by atoms with Crippen molar-refractivity contribution in [3.8, 4) is 0 Å². The van der Waals surface area contributed by atoms with Gasteiger partial charge in [0.05, 0.1) is 19.2 Å². The zero-order chi connectivity index (χ0) is 21.3. The van der Waals surface area contributed by atoms with Gasteiger partial charge in [-0.2, -0.15) is 0 Å². The van der Waals surface area contributed by atoms with Crippen LogP contribution in [0.15, 0.2) is 28.1 Å². The molecule has 1 atom stereocenters. The number of carbonyl (C=O) groups excluding carboxylic acids is 3. The van der Waals surface area contributed by atoms with Crippen molar-refractivity contribution >= 4 is 34.9 Å². The summed E-state index contributed by atoms with van der Waals surface area (Å²) >= 11 is 1.51. The topological polar surface area (TPSA) is 114 Å². The summed E-state index contributed by atoms with van der Waals surface area (Å²) in [5.41, 5.74) is 0. The van der Waals surface area contributed by atoms with Crippen molar-refractivity contribution in [1.29, 1.82) is 0 Å². The van der Waals surface area contributed by atoms with E-state index in [9.17, 15) is 14.4 Å². The number of thiophene rings is 1. The molecule has 0 spiro atoms. The van der Waals surface area contributed by atoms with Crippen LogP contribution in [0, 0.1) is 6.92 Å². The third-order valence-electron chi connectivity index (χ3n) is 4.63. The van der Waals surface area contributed by atoms with Gasteiger partial charge >= 0.3 is 0 Å². The van der Waals surface area contributed by atoms with Gasteiger partial charge < -0.3 is 24.8 Å². The summed E-state index contributed by atoms with van der Waals surface area (Å²) < 4.78 is 10.4. The highest BCUT2D eigenvalue weighted by molar-refractivity contribution is 7.09. The molecule has 162 valence electrons. The first-order valence-corrected chi connectivity index (χ1v) is 10.8. The molecular weight excluding hydrogens is 408 g/mol. The lowest BCUT2D eigenvalue weighted by molar-refractivity contribution is -0.137. The fraction of sp³-hybridized carbons (Fsp3) is 0.500. The van der Waals surface area contributed by atoms with E-state index in [-0.39, 0.29) is 43.2 Å². The summed E-state index contributed by atoms with van der Waals surface area (Å²) in [4.78, 5) is 39.6. The summed E-state index contributed by atoms with van der Waals surface area (Å²) in [6.07, 6.45) is 1.95. The SMILES string of the molecule is Cc1cc(NC(=O)CCC(=O)N(CC(=O)NC[C@@H]2CCCO2)Cc2cccs2)no1. The highest BCUT2D eigenvalue weighted by atomic mass is 32.1. The molecule has 30 heavy (non-hydrogen) atoms. The molecule has 10 heteroatoms. The van der Waals surface area contributed by atoms with Crippen LogP contribution in [0.25, 0.3) is 0 Å². The van der Waals surface area contributed by atoms with Gasteiger partial charge in [-0.05, 0) is 31.2 Å². The summed E-state index contributed by atoms with van der Waals surface area (Å²) in [6.45, 7) is 3.15. The maximum Gasteiger partial charge on any atom is 0.239 e. The first kappa shape index (κ1) is 22.0. The predicted molar refractivity (Wildman–Crippen MR) is 111 cm³/mol. The number of aromatic nitrogens is 1. The Kier molecular flexibility index (Phi) is 7.97. The summed E-state index contributed by atoms with van der Waals surface area (Å²) in [5.74, 6) is 0.0575. The number of ether oxygens (including phenoxy) is 1. The van der Waals surface area contributed by atoms with E-state index in [0.29, 0.717) is 24.7 Å². The third kappa shape index (κ3) is 6.96. The smallest absolute Gasteiger partial charge is 0.239 e. The van der Waals surface area contributed by atoms with E-state index in [4.69, 9.17) is 9.26 Å². The summed E-state index contributed by atoms with van der Waals surface area (Å²) in [6, 6.07) is 5.41. The van der Waals surface area contributed by atoms with Gasteiger partial charge in [0, 0.05) is 36.9 Å². The van der Waals surface area contributed by atoms with Crippen LogP contribution in [-0.2, 0) is 25.7 Å². The number of nitrogens with zero attached hydrogens (tertiary/aromatic N) is 2. The molecule has 1 aliphatic rings. The highest BCUT2D eigenvalue weighted by Gasteiger charge is 2.21. The van der Waals surface area contributed by atoms with Crippen LogP contribution in [0.4, 0.5) is 5.82 Å². The lowest BCUT2D eigenvalue weighted by Gasteiger charge is -2.22. The molecule has 1 saturated heterocycles. The summed E-state index contributed by atoms with van der Waals surface area (Å²) in [5, 5.41) is 11.0. The molecule has 9 nitrogen and oxygen atoms in total. The van der Waals surface area contributed by atoms with E-state index in [1.807, 2.05) is 17.5 Å². The van der Waals surface area contributed by atoms with Gasteiger partial charge in [0.25, 0.3) is 0 Å². The van der Waals surface area contributed by atoms with E-state index in [1.165, 1.54) is 16.2 Å². The van der Waals surface area contributed by atoms with E-state index in [1.54, 1.807) is 13.0 Å². The third-order valence-corrected chi connectivity index (χ3v) is 5.49. The average Bonchev–Trinajstić information content (AvgIpc) is 3.48. The van der Waals surface area contributed by atoms with E-state index in [2.05, 4.69) is 15.8 Å². The first-order chi connectivity index (χ1) is 14.5. The number of rotatable bonds is 10. The quantitative estimate of drug-likeness (QED) is 0.592. The molecule has 2 aromatic heterocycles. The first-order valence-electron chi connectivity index (χ1n) is 9.91. The molecule has 0 unspecified atom stereocenters. The molecule has 0 aromatic carbocycles. The number of amides is 3. The van der Waals surface area contributed by atoms with Crippen molar-refractivity contribution in [3.05, 3.63) is 34.2 Å². The second-order valence-corrected chi connectivity index (χ2v) is 8.17. The van der Waals surface area contributed by atoms with Gasteiger partial charge in [-0.25, -0.2) is 0 Å². The van der Waals surface area contributed by atoms with E-state index < -0.39 is 0 Å². The largest absolute Gasteiger partial charge is 0.376 e. The molecule has 0 radical (unpaired) electrons. The molecule has 2 aromatic rings. The number of hydrogen-bond donors (Lipinski definition) is 2. The van der Waals surface area contributed by atoms with Crippen molar-refractivity contribution in [1.82, 2.24) is 15.4 Å². The second-order valence-electron chi connectivity index (χ2n) is 7.14. The minimum absolute atomic E-state index is 0.00689. The maximum absolute atomic E-state index is 12.7. The van der Waals surface area contributed by atoms with Crippen LogP contribution < -0.4 is 10.6 Å². The van der Waals surface area contributed by atoms with Gasteiger partial charge in [-0.3, -0.25) is 14.4 Å². The number of aryl methyl sites for hydroxylation is 1. The van der Waals surface area contributed by atoms with Gasteiger partial charge in [-0.1, -0.05) is 11.2 Å². The van der Waals surface area contributed by atoms with Crippen LogP contribution in [0.3, 0.4) is 0 Å². The molecule has 1 aliphatic heterocycles. The molecule has 2 N–H and O–H groups in total. The Morgan fingerprint density at radius 1 is 1.30 bits per heavy atom. The zero-order valence-electron chi connectivity index (χ0n) is 16.9. The monoisotopic (exact) mass is 434 g/mol. The summed E-state index contributed by atoms with van der Waals surface area (Å²) in [7, 11) is 0. The standard InChI is InChI=1S/C20H26N4O5S/c1-14-10-17(23-29-14)22-18(25)6-7-20(27)24(12-16-5-3-9-30-16)13-19(26)21-11-15-4-2-8-28-15/h3,5,9-10,15H,2,4,6-8,11-13H2,1H3,(H,21,26)(H,22,23,25)/t15-/m0/s1. The average molecular weight is 435 g/mol. The molecule has 3 rings (SSSR count).